The van der Waals surface area contributed by atoms with Gasteiger partial charge in [0, 0.05) is 29.9 Å². The molecule has 4 amide bonds. The number of piperidine rings is 1. The Kier molecular flexibility index (Phi) is 14.4. The lowest BCUT2D eigenvalue weighted by molar-refractivity contribution is -0.133. The molecule has 1 saturated carbocycles. The monoisotopic (exact) mass is 822 g/mol. The number of halogens is 1. The quantitative estimate of drug-likeness (QED) is 0.0874. The van der Waals surface area contributed by atoms with Crippen LogP contribution in [0.25, 0.3) is 10.9 Å². The van der Waals surface area contributed by atoms with Gasteiger partial charge in [-0.25, -0.2) is 9.78 Å². The van der Waals surface area contributed by atoms with Gasteiger partial charge in [-0.05, 0) is 87.3 Å². The topological polar surface area (TPSA) is 173 Å². The van der Waals surface area contributed by atoms with Gasteiger partial charge in [-0.1, -0.05) is 86.0 Å². The summed E-state index contributed by atoms with van der Waals surface area (Å²) in [6.07, 6.45) is 3.74. The number of carbonyl (C=O) groups is 5. The number of pyridine rings is 1. The number of primary amides is 1. The molecule has 2 fully saturated rings. The minimum Gasteiger partial charge on any atom is -0.455 e. The summed E-state index contributed by atoms with van der Waals surface area (Å²) in [5, 5.41) is 9.75. The first-order valence-electron chi connectivity index (χ1n) is 20.5. The van der Waals surface area contributed by atoms with Gasteiger partial charge in [0.2, 0.25) is 17.7 Å². The molecule has 13 heteroatoms. The van der Waals surface area contributed by atoms with E-state index in [-0.39, 0.29) is 30.4 Å². The molecule has 2 heterocycles. The molecule has 2 aliphatic rings. The molecule has 1 aliphatic heterocycles. The molecular weight excluding hydrogens is 768 g/mol. The summed E-state index contributed by atoms with van der Waals surface area (Å²) in [5.41, 5.74) is 7.79. The van der Waals surface area contributed by atoms with E-state index in [1.807, 2.05) is 69.3 Å². The number of aromatic nitrogens is 1. The summed E-state index contributed by atoms with van der Waals surface area (Å²) in [6, 6.07) is 24.1. The highest BCUT2D eigenvalue weighted by molar-refractivity contribution is 6.17. The molecule has 6 atom stereocenters. The fraction of sp³-hybridized carbons (Fsp3) is 0.435. The van der Waals surface area contributed by atoms with E-state index in [0.717, 1.165) is 42.2 Å². The number of nitrogens with two attached hydrogens (primary N) is 1. The number of alkyl halides is 1. The van der Waals surface area contributed by atoms with Crippen molar-refractivity contribution in [2.24, 2.45) is 17.6 Å². The van der Waals surface area contributed by atoms with Gasteiger partial charge >= 0.3 is 5.97 Å². The van der Waals surface area contributed by atoms with Crippen molar-refractivity contribution in [1.29, 1.82) is 0 Å². The Morgan fingerprint density at radius 2 is 1.56 bits per heavy atom. The Bertz CT molecular complexity index is 2110. The van der Waals surface area contributed by atoms with E-state index in [9.17, 15) is 24.0 Å². The summed E-state index contributed by atoms with van der Waals surface area (Å²) < 4.78 is 6.42. The fourth-order valence-electron chi connectivity index (χ4n) is 8.30. The molecule has 59 heavy (non-hydrogen) atoms. The lowest BCUT2D eigenvalue weighted by atomic mass is 9.72. The first kappa shape index (κ1) is 43.3. The zero-order chi connectivity index (χ0) is 42.1. The molecule has 0 unspecified atom stereocenters. The van der Waals surface area contributed by atoms with Crippen LogP contribution in [0.1, 0.15) is 91.3 Å². The average Bonchev–Trinajstić information content (AvgIpc) is 3.22. The lowest BCUT2D eigenvalue weighted by Gasteiger charge is -2.47. The third-order valence-electron chi connectivity index (χ3n) is 11.3. The fourth-order valence-corrected chi connectivity index (χ4v) is 8.48. The molecule has 5 N–H and O–H groups in total. The third-order valence-corrected chi connectivity index (χ3v) is 11.6. The maximum absolute atomic E-state index is 14.4. The smallest absolute Gasteiger partial charge is 0.338 e. The second-order valence-corrected chi connectivity index (χ2v) is 17.2. The number of nitrogens with zero attached hydrogens (tertiary/aromatic N) is 2. The number of benzene rings is 3. The molecule has 0 spiro atoms. The van der Waals surface area contributed by atoms with Crippen molar-refractivity contribution in [3.63, 3.8) is 0 Å². The Hall–Kier alpha value is -5.33. The maximum Gasteiger partial charge on any atom is 0.338 e. The summed E-state index contributed by atoms with van der Waals surface area (Å²) in [4.78, 5) is 75.1. The average molecular weight is 823 g/mol. The number of hydrogen-bond acceptors (Lipinski definition) is 8. The van der Waals surface area contributed by atoms with Crippen LogP contribution in [-0.2, 0) is 31.4 Å². The predicted octanol–water partition coefficient (Wildman–Crippen LogP) is 5.70. The van der Waals surface area contributed by atoms with E-state index in [4.69, 9.17) is 22.1 Å². The molecule has 12 nitrogen and oxygen atoms in total. The number of nitrogens with one attached hydrogen (secondary N) is 3. The van der Waals surface area contributed by atoms with Gasteiger partial charge in [0.15, 0.2) is 0 Å². The van der Waals surface area contributed by atoms with Crippen molar-refractivity contribution in [1.82, 2.24) is 25.8 Å². The maximum atomic E-state index is 14.4. The largest absolute Gasteiger partial charge is 0.455 e. The van der Waals surface area contributed by atoms with Gasteiger partial charge in [-0.3, -0.25) is 24.1 Å². The molecule has 1 aliphatic carbocycles. The first-order chi connectivity index (χ1) is 28.3. The number of rotatable bonds is 15. The van der Waals surface area contributed by atoms with Crippen molar-refractivity contribution in [2.75, 3.05) is 13.1 Å². The number of amides is 4. The number of likely N-dealkylation sites (tertiary alicyclic amines) is 1. The van der Waals surface area contributed by atoms with Crippen LogP contribution < -0.4 is 21.7 Å². The van der Waals surface area contributed by atoms with Crippen LogP contribution in [0.15, 0.2) is 91.0 Å². The summed E-state index contributed by atoms with van der Waals surface area (Å²) in [5.74, 6) is -1.84. The third kappa shape index (κ3) is 11.9. The Balaban J connectivity index is 1.34. The number of ether oxygens (including phenoxy) is 1. The SMILES string of the molecule is CC(C)(C)NC(=O)[C@@H]1C[C@@H]2CCCC[C@@H]2CN1C[C@@H](OC(=O)c1ccc(CCl)cc1)[C@H](Cc1ccccc1)NC(=O)[C@H](CC(N)=O)NC(=O)c1ccc2ccccc2n1. The van der Waals surface area contributed by atoms with Crippen molar-refractivity contribution >= 4 is 52.1 Å². The standard InChI is InChI=1S/C46H55ClN6O6/c1-46(2,3)52-44(57)39-24-33-14-7-8-15-34(33)27-53(39)28-40(59-45(58)32-19-17-30(26-47)18-20-32)37(23-29-11-5-4-6-12-29)50-43(56)38(25-41(48)54)51-42(55)36-22-21-31-13-9-10-16-35(31)49-36/h4-6,9-13,16-22,33-34,37-40H,7-8,14-15,23-28H2,1-3H3,(H2,48,54)(H,50,56)(H,51,55)(H,52,57)/t33-,34+,37-,38-,39-,40+/m0/s1. The van der Waals surface area contributed by atoms with Crippen LogP contribution in [-0.4, -0.2) is 82.3 Å². The molecule has 0 bridgehead atoms. The summed E-state index contributed by atoms with van der Waals surface area (Å²) in [6.45, 7) is 6.60. The van der Waals surface area contributed by atoms with Crippen molar-refractivity contribution < 1.29 is 28.7 Å². The van der Waals surface area contributed by atoms with Crippen LogP contribution in [0, 0.1) is 11.8 Å². The van der Waals surface area contributed by atoms with E-state index in [1.165, 1.54) is 0 Å². The number of carbonyl (C=O) groups excluding carboxylic acids is 5. The highest BCUT2D eigenvalue weighted by Crippen LogP contribution is 2.39. The van der Waals surface area contributed by atoms with E-state index in [0.29, 0.717) is 35.9 Å². The molecule has 6 rings (SSSR count). The zero-order valence-corrected chi connectivity index (χ0v) is 34.8. The van der Waals surface area contributed by atoms with E-state index < -0.39 is 59.9 Å². The van der Waals surface area contributed by atoms with Crippen LogP contribution in [0.4, 0.5) is 0 Å². The summed E-state index contributed by atoms with van der Waals surface area (Å²) in [7, 11) is 0. The van der Waals surface area contributed by atoms with Crippen LogP contribution in [0.5, 0.6) is 0 Å². The number of esters is 1. The van der Waals surface area contributed by atoms with E-state index in [1.54, 1.807) is 42.5 Å². The van der Waals surface area contributed by atoms with Crippen molar-refractivity contribution in [3.05, 3.63) is 113 Å². The Morgan fingerprint density at radius 3 is 2.25 bits per heavy atom. The molecule has 0 radical (unpaired) electrons. The normalized spacial score (nSPS) is 19.7. The Morgan fingerprint density at radius 1 is 0.864 bits per heavy atom. The number of hydrogen-bond donors (Lipinski definition) is 4. The lowest BCUT2D eigenvalue weighted by Crippen LogP contribution is -2.61. The number of para-hydroxylation sites is 1. The van der Waals surface area contributed by atoms with Crippen molar-refractivity contribution in [2.45, 2.75) is 101 Å². The van der Waals surface area contributed by atoms with Crippen LogP contribution in [0.2, 0.25) is 0 Å². The molecule has 312 valence electrons. The minimum atomic E-state index is -1.38. The molecule has 4 aromatic rings. The molecule has 1 aromatic heterocycles. The second kappa shape index (κ2) is 19.6. The zero-order valence-electron chi connectivity index (χ0n) is 34.0. The van der Waals surface area contributed by atoms with E-state index >= 15 is 0 Å². The van der Waals surface area contributed by atoms with Gasteiger partial charge in [-0.15, -0.1) is 11.6 Å². The summed E-state index contributed by atoms with van der Waals surface area (Å²) >= 11 is 6.04. The highest BCUT2D eigenvalue weighted by Gasteiger charge is 2.43. The molecule has 1 saturated heterocycles. The second-order valence-electron chi connectivity index (χ2n) is 16.9. The van der Waals surface area contributed by atoms with Gasteiger partial charge in [0.25, 0.3) is 5.91 Å². The van der Waals surface area contributed by atoms with E-state index in [2.05, 4.69) is 25.8 Å². The van der Waals surface area contributed by atoms with Crippen LogP contribution >= 0.6 is 11.6 Å². The van der Waals surface area contributed by atoms with Gasteiger partial charge in [0.05, 0.1) is 29.6 Å². The van der Waals surface area contributed by atoms with Crippen LogP contribution in [0.3, 0.4) is 0 Å². The van der Waals surface area contributed by atoms with Gasteiger partial charge < -0.3 is 26.4 Å². The molecule has 3 aromatic carbocycles. The highest BCUT2D eigenvalue weighted by atomic mass is 35.5. The van der Waals surface area contributed by atoms with Gasteiger partial charge in [-0.2, -0.15) is 0 Å². The van der Waals surface area contributed by atoms with Crippen molar-refractivity contribution in [3.8, 4) is 0 Å². The number of fused-ring (bicyclic) bond motifs is 2. The predicted molar refractivity (Wildman–Crippen MR) is 227 cm³/mol. The first-order valence-corrected chi connectivity index (χ1v) is 21.0. The molecular formula is C46H55ClN6O6. The minimum absolute atomic E-state index is 0.0597. The Labute approximate surface area is 351 Å². The van der Waals surface area contributed by atoms with Gasteiger partial charge in [0.1, 0.15) is 17.8 Å².